The lowest BCUT2D eigenvalue weighted by Crippen LogP contribution is -2.49. The van der Waals surface area contributed by atoms with Crippen molar-refractivity contribution in [2.75, 3.05) is 6.54 Å². The molecule has 156 valence electrons. The van der Waals surface area contributed by atoms with Gasteiger partial charge >= 0.3 is 6.09 Å². The average molecular weight is 437 g/mol. The SMILES string of the molecule is CC(C)(C)OC(=O)N[C@]1(CN)[C@H](c2ccccc2)[C@@H]1S(=O)(=O)c1ccc(Cl)cc1. The third kappa shape index (κ3) is 4.27. The van der Waals surface area contributed by atoms with Crippen LogP contribution >= 0.6 is 11.6 Å². The maximum Gasteiger partial charge on any atom is 0.408 e. The van der Waals surface area contributed by atoms with Crippen LogP contribution in [0.4, 0.5) is 4.79 Å². The first-order valence-corrected chi connectivity index (χ1v) is 11.2. The van der Waals surface area contributed by atoms with Gasteiger partial charge in [0.25, 0.3) is 0 Å². The molecule has 3 atom stereocenters. The van der Waals surface area contributed by atoms with Crippen molar-refractivity contribution in [2.24, 2.45) is 5.73 Å². The summed E-state index contributed by atoms with van der Waals surface area (Å²) in [5.74, 6) is -0.498. The van der Waals surface area contributed by atoms with Crippen LogP contribution in [0.5, 0.6) is 0 Å². The molecule has 2 aromatic carbocycles. The normalized spacial score (nSPS) is 24.0. The van der Waals surface area contributed by atoms with Crippen molar-refractivity contribution in [1.29, 1.82) is 0 Å². The smallest absolute Gasteiger partial charge is 0.408 e. The highest BCUT2D eigenvalue weighted by Gasteiger charge is 2.71. The molecule has 3 rings (SSSR count). The second-order valence-electron chi connectivity index (χ2n) is 8.18. The summed E-state index contributed by atoms with van der Waals surface area (Å²) < 4.78 is 32.2. The number of alkyl carbamates (subject to hydrolysis) is 1. The number of rotatable bonds is 5. The van der Waals surface area contributed by atoms with Crippen LogP contribution in [0.3, 0.4) is 0 Å². The predicted molar refractivity (Wildman–Crippen MR) is 113 cm³/mol. The van der Waals surface area contributed by atoms with E-state index in [9.17, 15) is 13.2 Å². The molecule has 1 aliphatic carbocycles. The number of nitrogens with two attached hydrogens (primary N) is 1. The summed E-state index contributed by atoms with van der Waals surface area (Å²) in [7, 11) is -3.80. The number of sulfone groups is 1. The molecule has 0 radical (unpaired) electrons. The number of ether oxygens (including phenoxy) is 1. The van der Waals surface area contributed by atoms with E-state index < -0.39 is 38.2 Å². The van der Waals surface area contributed by atoms with Gasteiger partial charge in [-0.15, -0.1) is 0 Å². The highest BCUT2D eigenvalue weighted by atomic mass is 35.5. The van der Waals surface area contributed by atoms with Crippen molar-refractivity contribution in [3.05, 3.63) is 65.2 Å². The van der Waals surface area contributed by atoms with E-state index in [4.69, 9.17) is 22.1 Å². The van der Waals surface area contributed by atoms with Crippen molar-refractivity contribution in [3.63, 3.8) is 0 Å². The molecular weight excluding hydrogens is 412 g/mol. The Morgan fingerprint density at radius 2 is 1.72 bits per heavy atom. The van der Waals surface area contributed by atoms with Gasteiger partial charge in [-0.3, -0.25) is 0 Å². The zero-order valence-corrected chi connectivity index (χ0v) is 18.1. The molecule has 0 unspecified atom stereocenters. The molecule has 0 saturated heterocycles. The Morgan fingerprint density at radius 3 is 2.24 bits per heavy atom. The highest BCUT2D eigenvalue weighted by Crippen LogP contribution is 2.56. The topological polar surface area (TPSA) is 98.5 Å². The molecule has 0 bridgehead atoms. The average Bonchev–Trinajstić information content (AvgIpc) is 3.30. The zero-order valence-electron chi connectivity index (χ0n) is 16.6. The lowest BCUT2D eigenvalue weighted by Gasteiger charge is -2.24. The molecule has 6 nitrogen and oxygen atoms in total. The van der Waals surface area contributed by atoms with Gasteiger partial charge in [0.1, 0.15) is 10.9 Å². The molecule has 0 aliphatic heterocycles. The first-order chi connectivity index (χ1) is 13.5. The second kappa shape index (κ2) is 7.63. The van der Waals surface area contributed by atoms with Crippen LogP contribution in [-0.2, 0) is 14.6 Å². The van der Waals surface area contributed by atoms with Crippen LogP contribution in [0, 0.1) is 0 Å². The second-order valence-corrected chi connectivity index (χ2v) is 10.7. The quantitative estimate of drug-likeness (QED) is 0.747. The van der Waals surface area contributed by atoms with Crippen LogP contribution < -0.4 is 11.1 Å². The third-order valence-electron chi connectivity index (χ3n) is 4.96. The van der Waals surface area contributed by atoms with Gasteiger partial charge in [0.2, 0.25) is 0 Å². The Kier molecular flexibility index (Phi) is 5.69. The molecule has 1 aliphatic rings. The third-order valence-corrected chi connectivity index (χ3v) is 7.51. The van der Waals surface area contributed by atoms with E-state index in [1.807, 2.05) is 30.3 Å². The van der Waals surface area contributed by atoms with E-state index in [1.54, 1.807) is 20.8 Å². The van der Waals surface area contributed by atoms with Crippen molar-refractivity contribution in [3.8, 4) is 0 Å². The summed E-state index contributed by atoms with van der Waals surface area (Å²) in [4.78, 5) is 12.6. The Morgan fingerprint density at radius 1 is 1.14 bits per heavy atom. The maximum absolute atomic E-state index is 13.4. The van der Waals surface area contributed by atoms with E-state index in [-0.39, 0.29) is 11.4 Å². The molecule has 8 heteroatoms. The van der Waals surface area contributed by atoms with Crippen LogP contribution in [0.25, 0.3) is 0 Å². The maximum atomic E-state index is 13.4. The number of nitrogens with one attached hydrogen (secondary N) is 1. The van der Waals surface area contributed by atoms with Gasteiger partial charge in [0, 0.05) is 17.5 Å². The number of benzene rings is 2. The molecular formula is C21H25ClN2O4S. The van der Waals surface area contributed by atoms with Crippen LogP contribution in [0.15, 0.2) is 59.5 Å². The van der Waals surface area contributed by atoms with Crippen molar-refractivity contribution >= 4 is 27.5 Å². The Hall–Kier alpha value is -2.09. The Labute approximate surface area is 176 Å². The monoisotopic (exact) mass is 436 g/mol. The summed E-state index contributed by atoms with van der Waals surface area (Å²) in [5.41, 5.74) is 4.95. The van der Waals surface area contributed by atoms with E-state index in [0.29, 0.717) is 5.02 Å². The fourth-order valence-electron chi connectivity index (χ4n) is 3.70. The summed E-state index contributed by atoms with van der Waals surface area (Å²) in [6.45, 7) is 5.17. The number of hydrogen-bond acceptors (Lipinski definition) is 5. The molecule has 2 aromatic rings. The van der Waals surface area contributed by atoms with E-state index in [2.05, 4.69) is 5.32 Å². The molecule has 1 amide bonds. The van der Waals surface area contributed by atoms with Gasteiger partial charge in [-0.2, -0.15) is 0 Å². The lowest BCUT2D eigenvalue weighted by molar-refractivity contribution is 0.0497. The van der Waals surface area contributed by atoms with Gasteiger partial charge in [0.05, 0.1) is 10.4 Å². The van der Waals surface area contributed by atoms with Crippen molar-refractivity contribution in [2.45, 2.75) is 48.0 Å². The Balaban J connectivity index is 2.02. The molecule has 1 saturated carbocycles. The number of carbonyl (C=O) groups excluding carboxylic acids is 1. The van der Waals surface area contributed by atoms with Gasteiger partial charge < -0.3 is 15.8 Å². The minimum atomic E-state index is -3.80. The molecule has 0 heterocycles. The summed E-state index contributed by atoms with van der Waals surface area (Å²) in [6, 6.07) is 15.2. The fourth-order valence-corrected chi connectivity index (χ4v) is 6.17. The first-order valence-electron chi connectivity index (χ1n) is 9.27. The minimum absolute atomic E-state index is 0.0523. The molecule has 3 N–H and O–H groups in total. The molecule has 29 heavy (non-hydrogen) atoms. The summed E-state index contributed by atoms with van der Waals surface area (Å²) in [5, 5.41) is 2.29. The van der Waals surface area contributed by atoms with E-state index in [0.717, 1.165) is 5.56 Å². The van der Waals surface area contributed by atoms with Gasteiger partial charge in [-0.25, -0.2) is 13.2 Å². The largest absolute Gasteiger partial charge is 0.444 e. The number of halogens is 1. The Bertz CT molecular complexity index is 988. The number of hydrogen-bond donors (Lipinski definition) is 2. The standard InChI is InChI=1S/C21H25ClN2O4S/c1-20(2,3)28-19(25)24-21(13-23)17(14-7-5-4-6-8-14)18(21)29(26,27)16-11-9-15(22)10-12-16/h4-12,17-18H,13,23H2,1-3H3,(H,24,25)/t17-,18+,21-/m1/s1. The van der Waals surface area contributed by atoms with Gasteiger partial charge in [-0.1, -0.05) is 41.9 Å². The summed E-state index contributed by atoms with van der Waals surface area (Å²) in [6.07, 6.45) is -0.697. The van der Waals surface area contributed by atoms with Crippen molar-refractivity contribution < 1.29 is 17.9 Å². The van der Waals surface area contributed by atoms with Crippen LogP contribution in [0.1, 0.15) is 32.3 Å². The highest BCUT2D eigenvalue weighted by molar-refractivity contribution is 7.92. The molecule has 0 spiro atoms. The van der Waals surface area contributed by atoms with E-state index >= 15 is 0 Å². The number of carbonyl (C=O) groups is 1. The first kappa shape index (κ1) is 21.6. The van der Waals surface area contributed by atoms with Gasteiger partial charge in [0.15, 0.2) is 9.84 Å². The number of amides is 1. The lowest BCUT2D eigenvalue weighted by atomic mass is 10.1. The summed E-state index contributed by atoms with van der Waals surface area (Å²) >= 11 is 5.91. The molecule has 0 aromatic heterocycles. The van der Waals surface area contributed by atoms with Crippen LogP contribution in [0.2, 0.25) is 5.02 Å². The minimum Gasteiger partial charge on any atom is -0.444 e. The van der Waals surface area contributed by atoms with E-state index in [1.165, 1.54) is 24.3 Å². The predicted octanol–water partition coefficient (Wildman–Crippen LogP) is 3.50. The zero-order chi connectivity index (χ0) is 21.4. The fraction of sp³-hybridized carbons (Fsp3) is 0.381. The van der Waals surface area contributed by atoms with Crippen molar-refractivity contribution in [1.82, 2.24) is 5.32 Å². The van der Waals surface area contributed by atoms with Crippen LogP contribution in [-0.4, -0.2) is 37.4 Å². The van der Waals surface area contributed by atoms with Gasteiger partial charge in [-0.05, 0) is 50.6 Å². The molecule has 1 fully saturated rings.